The molecule has 1 atom stereocenters. The molecule has 1 aromatic heterocycles. The highest BCUT2D eigenvalue weighted by Gasteiger charge is 2.08. The minimum absolute atomic E-state index is 0.483. The summed E-state index contributed by atoms with van der Waals surface area (Å²) in [4.78, 5) is 11.2. The van der Waals surface area contributed by atoms with E-state index in [4.69, 9.17) is 16.7 Å². The van der Waals surface area contributed by atoms with E-state index in [0.717, 1.165) is 6.42 Å². The molecule has 0 fully saturated rings. The van der Waals surface area contributed by atoms with E-state index in [0.29, 0.717) is 6.42 Å². The molecular formula is C15H17ClO2S. The predicted octanol–water partition coefficient (Wildman–Crippen LogP) is 4.43. The Kier molecular flexibility index (Phi) is 7.23. The minimum Gasteiger partial charge on any atom is -0.480 e. The minimum atomic E-state index is -0.941. The molecule has 0 aliphatic rings. The Labute approximate surface area is 122 Å². The molecule has 102 valence electrons. The predicted molar refractivity (Wildman–Crippen MR) is 81.1 cm³/mol. The van der Waals surface area contributed by atoms with Gasteiger partial charge in [-0.25, -0.2) is 0 Å². The molecule has 2 rings (SSSR count). The smallest absolute Gasteiger partial charge is 0.321 e. The average Bonchev–Trinajstić information content (AvgIpc) is 2.92. The molecule has 1 N–H and O–H groups in total. The number of carboxylic acids is 1. The monoisotopic (exact) mass is 296 g/mol. The standard InChI is InChI=1S/C11H10S.C4H7ClO2/c1-2-5-10(6-3-1)9-11-7-4-8-12-11;1-2-3(5)4(6)7/h1-8H,9H2;3H,2H2,1H3,(H,6,7). The van der Waals surface area contributed by atoms with Crippen LogP contribution in [0.15, 0.2) is 47.8 Å². The summed E-state index contributed by atoms with van der Waals surface area (Å²) in [5.41, 5.74) is 1.39. The van der Waals surface area contributed by atoms with Gasteiger partial charge in [-0.05, 0) is 23.4 Å². The molecule has 4 heteroatoms. The number of alkyl halides is 1. The van der Waals surface area contributed by atoms with Crippen molar-refractivity contribution in [3.05, 3.63) is 58.3 Å². The molecule has 1 unspecified atom stereocenters. The molecule has 0 aliphatic heterocycles. The molecule has 2 aromatic rings. The fourth-order valence-electron chi connectivity index (χ4n) is 1.38. The van der Waals surface area contributed by atoms with Gasteiger partial charge in [-0.2, -0.15) is 0 Å². The van der Waals surface area contributed by atoms with Gasteiger partial charge in [-0.1, -0.05) is 43.3 Å². The number of thiophene rings is 1. The van der Waals surface area contributed by atoms with Crippen molar-refractivity contribution >= 4 is 28.9 Å². The van der Waals surface area contributed by atoms with E-state index in [9.17, 15) is 4.79 Å². The van der Waals surface area contributed by atoms with Crippen LogP contribution < -0.4 is 0 Å². The maximum Gasteiger partial charge on any atom is 0.321 e. The summed E-state index contributed by atoms with van der Waals surface area (Å²) < 4.78 is 0. The van der Waals surface area contributed by atoms with Crippen LogP contribution in [0.3, 0.4) is 0 Å². The van der Waals surface area contributed by atoms with E-state index in [1.54, 1.807) is 6.92 Å². The lowest BCUT2D eigenvalue weighted by molar-refractivity contribution is -0.136. The van der Waals surface area contributed by atoms with E-state index in [2.05, 4.69) is 47.8 Å². The third kappa shape index (κ3) is 6.41. The van der Waals surface area contributed by atoms with Crippen LogP contribution in [0.5, 0.6) is 0 Å². The van der Waals surface area contributed by atoms with Crippen LogP contribution in [0.4, 0.5) is 0 Å². The summed E-state index contributed by atoms with van der Waals surface area (Å²) in [6.07, 6.45) is 1.55. The van der Waals surface area contributed by atoms with Crippen LogP contribution in [0.25, 0.3) is 0 Å². The van der Waals surface area contributed by atoms with Crippen LogP contribution in [-0.2, 0) is 11.2 Å². The summed E-state index contributed by atoms with van der Waals surface area (Å²) in [6.45, 7) is 1.73. The SMILES string of the molecule is CCC(Cl)C(=O)O.c1ccc(Cc2cccs2)cc1. The molecule has 0 spiro atoms. The first-order valence-corrected chi connectivity index (χ1v) is 7.38. The second-order valence-corrected chi connectivity index (χ2v) is 5.51. The fraction of sp³-hybridized carbons (Fsp3) is 0.267. The second kappa shape index (κ2) is 8.73. The molecule has 0 bridgehead atoms. The summed E-state index contributed by atoms with van der Waals surface area (Å²) in [7, 11) is 0. The first-order chi connectivity index (χ1) is 9.13. The number of halogens is 1. The Hall–Kier alpha value is -1.32. The van der Waals surface area contributed by atoms with Crippen LogP contribution in [-0.4, -0.2) is 16.5 Å². The van der Waals surface area contributed by atoms with Crippen molar-refractivity contribution in [2.75, 3.05) is 0 Å². The number of carboxylic acid groups (broad SMARTS) is 1. The molecule has 0 saturated carbocycles. The molecule has 1 aromatic carbocycles. The van der Waals surface area contributed by atoms with Crippen molar-refractivity contribution in [2.24, 2.45) is 0 Å². The topological polar surface area (TPSA) is 37.3 Å². The number of benzene rings is 1. The summed E-state index contributed by atoms with van der Waals surface area (Å²) in [5, 5.41) is 9.46. The van der Waals surface area contributed by atoms with Gasteiger partial charge in [0.15, 0.2) is 0 Å². The molecule has 0 amide bonds. The molecule has 0 aliphatic carbocycles. The van der Waals surface area contributed by atoms with Crippen molar-refractivity contribution in [2.45, 2.75) is 25.1 Å². The Morgan fingerprint density at radius 3 is 2.37 bits per heavy atom. The van der Waals surface area contributed by atoms with E-state index in [1.165, 1.54) is 10.4 Å². The van der Waals surface area contributed by atoms with Crippen molar-refractivity contribution < 1.29 is 9.90 Å². The molecule has 1 heterocycles. The average molecular weight is 297 g/mol. The van der Waals surface area contributed by atoms with Gasteiger partial charge in [0.2, 0.25) is 0 Å². The van der Waals surface area contributed by atoms with E-state index < -0.39 is 11.3 Å². The first-order valence-electron chi connectivity index (χ1n) is 6.06. The van der Waals surface area contributed by atoms with Crippen molar-refractivity contribution in [1.29, 1.82) is 0 Å². The zero-order valence-corrected chi connectivity index (χ0v) is 12.3. The lowest BCUT2D eigenvalue weighted by Gasteiger charge is -1.96. The summed E-state index contributed by atoms with van der Waals surface area (Å²) >= 11 is 7.02. The number of hydrogen-bond donors (Lipinski definition) is 1. The van der Waals surface area contributed by atoms with Crippen molar-refractivity contribution in [3.8, 4) is 0 Å². The largest absolute Gasteiger partial charge is 0.480 e. The molecule has 2 nitrogen and oxygen atoms in total. The van der Waals surface area contributed by atoms with E-state index in [-0.39, 0.29) is 0 Å². The third-order valence-electron chi connectivity index (χ3n) is 2.43. The zero-order valence-electron chi connectivity index (χ0n) is 10.8. The van der Waals surface area contributed by atoms with Gasteiger partial charge >= 0.3 is 5.97 Å². The maximum atomic E-state index is 9.80. The van der Waals surface area contributed by atoms with Crippen molar-refractivity contribution in [3.63, 3.8) is 0 Å². The van der Waals surface area contributed by atoms with Gasteiger partial charge in [0.1, 0.15) is 5.38 Å². The maximum absolute atomic E-state index is 9.80. The highest BCUT2D eigenvalue weighted by Crippen LogP contribution is 2.13. The quantitative estimate of drug-likeness (QED) is 0.848. The van der Waals surface area contributed by atoms with Gasteiger partial charge in [-0.15, -0.1) is 22.9 Å². The Bertz CT molecular complexity index is 468. The highest BCUT2D eigenvalue weighted by atomic mass is 35.5. The molecule has 0 saturated heterocycles. The van der Waals surface area contributed by atoms with Gasteiger partial charge in [0.25, 0.3) is 0 Å². The fourth-order valence-corrected chi connectivity index (χ4v) is 2.12. The van der Waals surface area contributed by atoms with Crippen LogP contribution in [0.1, 0.15) is 23.8 Å². The van der Waals surface area contributed by atoms with E-state index >= 15 is 0 Å². The lowest BCUT2D eigenvalue weighted by atomic mass is 10.1. The number of rotatable bonds is 4. The van der Waals surface area contributed by atoms with Crippen LogP contribution >= 0.6 is 22.9 Å². The molecule has 0 radical (unpaired) electrons. The third-order valence-corrected chi connectivity index (χ3v) is 3.80. The number of hydrogen-bond acceptors (Lipinski definition) is 2. The van der Waals surface area contributed by atoms with Gasteiger partial charge < -0.3 is 5.11 Å². The first kappa shape index (κ1) is 15.7. The second-order valence-electron chi connectivity index (χ2n) is 3.96. The Morgan fingerprint density at radius 1 is 1.26 bits per heavy atom. The van der Waals surface area contributed by atoms with Crippen LogP contribution in [0.2, 0.25) is 0 Å². The van der Waals surface area contributed by atoms with Gasteiger partial charge in [0.05, 0.1) is 0 Å². The Morgan fingerprint density at radius 2 is 1.95 bits per heavy atom. The van der Waals surface area contributed by atoms with E-state index in [1.807, 2.05) is 11.3 Å². The molecular weight excluding hydrogens is 280 g/mol. The summed E-state index contributed by atoms with van der Waals surface area (Å²) in [5.74, 6) is -0.941. The number of carbonyl (C=O) groups is 1. The Balaban J connectivity index is 0.000000224. The summed E-state index contributed by atoms with van der Waals surface area (Å²) in [6, 6.07) is 14.8. The van der Waals surface area contributed by atoms with Crippen LogP contribution in [0, 0.1) is 0 Å². The normalized spacial score (nSPS) is 11.3. The highest BCUT2D eigenvalue weighted by molar-refractivity contribution is 7.09. The lowest BCUT2D eigenvalue weighted by Crippen LogP contribution is -2.10. The van der Waals surface area contributed by atoms with Crippen molar-refractivity contribution in [1.82, 2.24) is 0 Å². The van der Waals surface area contributed by atoms with Gasteiger partial charge in [-0.3, -0.25) is 4.79 Å². The van der Waals surface area contributed by atoms with Gasteiger partial charge in [0, 0.05) is 11.3 Å². The molecule has 19 heavy (non-hydrogen) atoms. The number of aliphatic carboxylic acids is 1. The zero-order chi connectivity index (χ0) is 14.1.